The maximum atomic E-state index is 9.12. The molecule has 0 aromatic rings. The summed E-state index contributed by atoms with van der Waals surface area (Å²) in [7, 11) is 0. The molecule has 1 fully saturated rings. The molecule has 0 spiro atoms. The molecular formula is C6H12O6. The second kappa shape index (κ2) is 3.65. The molecule has 0 amide bonds. The van der Waals surface area contributed by atoms with Crippen LogP contribution in [0.25, 0.3) is 0 Å². The molecule has 0 radical (unpaired) electrons. The Morgan fingerprint density at radius 3 is 2.17 bits per heavy atom. The highest BCUT2D eigenvalue weighted by atomic mass is 16.6. The van der Waals surface area contributed by atoms with Crippen LogP contribution in [0.4, 0.5) is 0 Å². The van der Waals surface area contributed by atoms with E-state index in [0.717, 1.165) is 0 Å². The summed E-state index contributed by atoms with van der Waals surface area (Å²) in [4.78, 5) is 0. The van der Waals surface area contributed by atoms with Crippen LogP contribution in [0.15, 0.2) is 0 Å². The van der Waals surface area contributed by atoms with Crippen LogP contribution in [0.2, 0.25) is 0 Å². The van der Waals surface area contributed by atoms with Crippen molar-refractivity contribution in [2.75, 3.05) is 6.61 Å². The molecule has 6 nitrogen and oxygen atoms in total. The van der Waals surface area contributed by atoms with E-state index in [2.05, 4.69) is 4.74 Å². The molecule has 72 valence electrons. The summed E-state index contributed by atoms with van der Waals surface area (Å²) in [5.41, 5.74) is 0. The molecule has 1 heterocycles. The van der Waals surface area contributed by atoms with Crippen molar-refractivity contribution < 1.29 is 30.3 Å². The number of ether oxygens (including phenoxy) is 1. The highest BCUT2D eigenvalue weighted by Gasteiger charge is 2.40. The van der Waals surface area contributed by atoms with E-state index in [1.54, 1.807) is 0 Å². The molecule has 1 aliphatic heterocycles. The first-order chi connectivity index (χ1) is 5.54. The standard InChI is InChI=1S/C6H12O6/c7-2-1-12-5(6(10)11)4(9)3(2)8/h2-11H,1H2/t2-,3+,4+,5-/m0/s1. The van der Waals surface area contributed by atoms with Crippen molar-refractivity contribution >= 4 is 0 Å². The van der Waals surface area contributed by atoms with Gasteiger partial charge < -0.3 is 30.3 Å². The number of hydrogen-bond donors (Lipinski definition) is 5. The fourth-order valence-corrected chi connectivity index (χ4v) is 1.09. The van der Waals surface area contributed by atoms with Gasteiger partial charge in [0, 0.05) is 0 Å². The number of rotatable bonds is 1. The summed E-state index contributed by atoms with van der Waals surface area (Å²) < 4.78 is 4.67. The SMILES string of the molecule is OC(O)[C@H]1OC[C@H](O)[C@@H](O)[C@H]1O. The van der Waals surface area contributed by atoms with Crippen LogP contribution in [-0.4, -0.2) is 62.8 Å². The minimum absolute atomic E-state index is 0.222. The molecule has 1 aliphatic rings. The highest BCUT2D eigenvalue weighted by molar-refractivity contribution is 4.87. The molecule has 12 heavy (non-hydrogen) atoms. The predicted molar refractivity (Wildman–Crippen MR) is 36.0 cm³/mol. The maximum absolute atomic E-state index is 9.12. The number of aliphatic hydroxyl groups excluding tert-OH is 4. The van der Waals surface area contributed by atoms with Crippen LogP contribution in [0.5, 0.6) is 0 Å². The average molecular weight is 180 g/mol. The van der Waals surface area contributed by atoms with E-state index in [9.17, 15) is 0 Å². The van der Waals surface area contributed by atoms with Crippen LogP contribution in [0.1, 0.15) is 0 Å². The predicted octanol–water partition coefficient (Wildman–Crippen LogP) is -3.22. The van der Waals surface area contributed by atoms with Crippen molar-refractivity contribution in [2.24, 2.45) is 0 Å². The molecular weight excluding hydrogens is 168 g/mol. The van der Waals surface area contributed by atoms with Gasteiger partial charge in [-0.2, -0.15) is 0 Å². The van der Waals surface area contributed by atoms with Crippen molar-refractivity contribution in [3.05, 3.63) is 0 Å². The monoisotopic (exact) mass is 180 g/mol. The molecule has 0 aromatic heterocycles. The smallest absolute Gasteiger partial charge is 0.181 e. The highest BCUT2D eigenvalue weighted by Crippen LogP contribution is 2.17. The molecule has 4 atom stereocenters. The van der Waals surface area contributed by atoms with E-state index in [4.69, 9.17) is 25.5 Å². The summed E-state index contributed by atoms with van der Waals surface area (Å²) in [6.07, 6.45) is -7.18. The van der Waals surface area contributed by atoms with Gasteiger partial charge in [0.15, 0.2) is 6.29 Å². The average Bonchev–Trinajstić information content (AvgIpc) is 2.00. The van der Waals surface area contributed by atoms with Crippen molar-refractivity contribution in [1.82, 2.24) is 0 Å². The first-order valence-electron chi connectivity index (χ1n) is 3.56. The normalized spacial score (nSPS) is 43.5. The fourth-order valence-electron chi connectivity index (χ4n) is 1.09. The molecule has 5 N–H and O–H groups in total. The van der Waals surface area contributed by atoms with Gasteiger partial charge in [-0.3, -0.25) is 0 Å². The van der Waals surface area contributed by atoms with Crippen molar-refractivity contribution in [2.45, 2.75) is 30.7 Å². The van der Waals surface area contributed by atoms with E-state index >= 15 is 0 Å². The Morgan fingerprint density at radius 2 is 1.67 bits per heavy atom. The molecule has 1 rings (SSSR count). The van der Waals surface area contributed by atoms with Crippen LogP contribution >= 0.6 is 0 Å². The van der Waals surface area contributed by atoms with E-state index in [0.29, 0.717) is 0 Å². The van der Waals surface area contributed by atoms with E-state index in [1.807, 2.05) is 0 Å². The lowest BCUT2D eigenvalue weighted by Gasteiger charge is -2.35. The first-order valence-corrected chi connectivity index (χ1v) is 3.56. The third-order valence-corrected chi connectivity index (χ3v) is 1.83. The Balaban J connectivity index is 2.58. The summed E-state index contributed by atoms with van der Waals surface area (Å²) in [6, 6.07) is 0. The summed E-state index contributed by atoms with van der Waals surface area (Å²) >= 11 is 0. The van der Waals surface area contributed by atoms with Gasteiger partial charge in [-0.05, 0) is 0 Å². The van der Waals surface area contributed by atoms with Gasteiger partial charge in [0.25, 0.3) is 0 Å². The van der Waals surface area contributed by atoms with Gasteiger partial charge in [0.05, 0.1) is 6.61 Å². The van der Waals surface area contributed by atoms with Gasteiger partial charge in [0.2, 0.25) is 0 Å². The molecule has 0 bridgehead atoms. The number of hydrogen-bond acceptors (Lipinski definition) is 6. The fraction of sp³-hybridized carbons (Fsp3) is 1.00. The third kappa shape index (κ3) is 1.74. The molecule has 0 unspecified atom stereocenters. The summed E-state index contributed by atoms with van der Waals surface area (Å²) in [5.74, 6) is 0. The topological polar surface area (TPSA) is 110 Å². The van der Waals surface area contributed by atoms with Crippen LogP contribution in [0.3, 0.4) is 0 Å². The third-order valence-electron chi connectivity index (χ3n) is 1.83. The van der Waals surface area contributed by atoms with Gasteiger partial charge in [0.1, 0.15) is 24.4 Å². The Hall–Kier alpha value is -0.240. The quantitative estimate of drug-likeness (QED) is 0.271. The van der Waals surface area contributed by atoms with E-state index < -0.39 is 30.7 Å². The Kier molecular flexibility index (Phi) is 2.99. The van der Waals surface area contributed by atoms with Gasteiger partial charge in [-0.15, -0.1) is 0 Å². The van der Waals surface area contributed by atoms with Gasteiger partial charge in [-0.25, -0.2) is 0 Å². The van der Waals surface area contributed by atoms with Crippen molar-refractivity contribution in [1.29, 1.82) is 0 Å². The zero-order valence-corrected chi connectivity index (χ0v) is 6.24. The van der Waals surface area contributed by atoms with E-state index in [-0.39, 0.29) is 6.61 Å². The maximum Gasteiger partial charge on any atom is 0.181 e. The lowest BCUT2D eigenvalue weighted by Crippen LogP contribution is -2.56. The largest absolute Gasteiger partial charge is 0.388 e. The van der Waals surface area contributed by atoms with E-state index in [1.165, 1.54) is 0 Å². The first kappa shape index (κ1) is 9.85. The van der Waals surface area contributed by atoms with Gasteiger partial charge in [-0.1, -0.05) is 0 Å². The van der Waals surface area contributed by atoms with Crippen LogP contribution in [-0.2, 0) is 4.74 Å². The summed E-state index contributed by atoms with van der Waals surface area (Å²) in [5, 5.41) is 44.4. The Morgan fingerprint density at radius 1 is 1.08 bits per heavy atom. The molecule has 0 aromatic carbocycles. The second-order valence-corrected chi connectivity index (χ2v) is 2.76. The lowest BCUT2D eigenvalue weighted by atomic mass is 10.00. The minimum Gasteiger partial charge on any atom is -0.388 e. The zero-order valence-electron chi connectivity index (χ0n) is 6.24. The Bertz CT molecular complexity index is 149. The lowest BCUT2D eigenvalue weighted by molar-refractivity contribution is -0.247. The van der Waals surface area contributed by atoms with Gasteiger partial charge >= 0.3 is 0 Å². The number of aliphatic hydroxyl groups is 5. The molecule has 0 saturated carbocycles. The minimum atomic E-state index is -1.86. The second-order valence-electron chi connectivity index (χ2n) is 2.76. The summed E-state index contributed by atoms with van der Waals surface area (Å²) in [6.45, 7) is -0.222. The zero-order chi connectivity index (χ0) is 9.30. The van der Waals surface area contributed by atoms with Crippen molar-refractivity contribution in [3.63, 3.8) is 0 Å². The van der Waals surface area contributed by atoms with Crippen LogP contribution in [0, 0.1) is 0 Å². The molecule has 1 saturated heterocycles. The molecule has 0 aliphatic carbocycles. The Labute approximate surface area is 68.6 Å². The van der Waals surface area contributed by atoms with Crippen molar-refractivity contribution in [3.8, 4) is 0 Å². The van der Waals surface area contributed by atoms with Crippen LogP contribution < -0.4 is 0 Å². The molecule has 6 heteroatoms.